The third-order valence-corrected chi connectivity index (χ3v) is 5.05. The fourth-order valence-electron chi connectivity index (χ4n) is 2.53. The Morgan fingerprint density at radius 2 is 1.68 bits per heavy atom. The van der Waals surface area contributed by atoms with Gasteiger partial charge in [-0.2, -0.15) is 0 Å². The Kier molecular flexibility index (Phi) is 4.90. The summed E-state index contributed by atoms with van der Waals surface area (Å²) in [5.41, 5.74) is 2.89. The summed E-state index contributed by atoms with van der Waals surface area (Å²) in [6.07, 6.45) is 0. The maximum Gasteiger partial charge on any atom is 0.318 e. The van der Waals surface area contributed by atoms with Crippen LogP contribution in [0.2, 0.25) is 0 Å². The Labute approximate surface area is 150 Å². The first-order valence-corrected chi connectivity index (χ1v) is 8.77. The molecule has 0 bridgehead atoms. The predicted molar refractivity (Wildman–Crippen MR) is 94.5 cm³/mol. The molecule has 5 nitrogen and oxygen atoms in total. The number of imide groups is 1. The van der Waals surface area contributed by atoms with E-state index in [1.807, 2.05) is 32.0 Å². The lowest BCUT2D eigenvalue weighted by atomic mass is 10.1. The summed E-state index contributed by atoms with van der Waals surface area (Å²) in [6, 6.07) is 12.6. The van der Waals surface area contributed by atoms with Gasteiger partial charge in [0.2, 0.25) is 0 Å². The molecule has 1 aliphatic rings. The normalized spacial score (nSPS) is 13.1. The molecule has 0 aromatic heterocycles. The number of carbonyl (C=O) groups excluding carboxylic acids is 3. The van der Waals surface area contributed by atoms with Gasteiger partial charge in [0, 0.05) is 4.90 Å². The van der Waals surface area contributed by atoms with E-state index in [4.69, 9.17) is 4.74 Å². The molecule has 0 radical (unpaired) electrons. The number of nitrogens with zero attached hydrogens (tertiary/aromatic N) is 1. The van der Waals surface area contributed by atoms with Crippen molar-refractivity contribution in [2.75, 3.05) is 12.5 Å². The van der Waals surface area contributed by atoms with Crippen molar-refractivity contribution in [1.29, 1.82) is 0 Å². The van der Waals surface area contributed by atoms with E-state index in [0.717, 1.165) is 20.9 Å². The van der Waals surface area contributed by atoms with Gasteiger partial charge >= 0.3 is 5.97 Å². The number of esters is 1. The molecule has 0 aliphatic carbocycles. The van der Waals surface area contributed by atoms with Crippen molar-refractivity contribution in [3.8, 4) is 0 Å². The van der Waals surface area contributed by atoms with Gasteiger partial charge in [0.25, 0.3) is 11.8 Å². The van der Waals surface area contributed by atoms with Crippen LogP contribution in [0, 0.1) is 13.8 Å². The number of amides is 2. The molecule has 0 saturated carbocycles. The van der Waals surface area contributed by atoms with Crippen LogP contribution < -0.4 is 0 Å². The van der Waals surface area contributed by atoms with Crippen LogP contribution in [0.1, 0.15) is 31.8 Å². The minimum Gasteiger partial charge on any atom is -0.443 e. The van der Waals surface area contributed by atoms with Crippen LogP contribution in [0.15, 0.2) is 47.4 Å². The maximum absolute atomic E-state index is 12.2. The monoisotopic (exact) mass is 355 g/mol. The molecule has 0 saturated heterocycles. The highest BCUT2D eigenvalue weighted by molar-refractivity contribution is 8.00. The van der Waals surface area contributed by atoms with E-state index in [9.17, 15) is 14.4 Å². The molecule has 2 aromatic rings. The van der Waals surface area contributed by atoms with E-state index in [1.54, 1.807) is 24.3 Å². The highest BCUT2D eigenvalue weighted by Crippen LogP contribution is 2.24. The van der Waals surface area contributed by atoms with Crippen LogP contribution in [0.25, 0.3) is 0 Å². The van der Waals surface area contributed by atoms with Gasteiger partial charge in [-0.15, -0.1) is 11.8 Å². The highest BCUT2D eigenvalue weighted by Gasteiger charge is 2.35. The SMILES string of the molecule is Cc1ccc(C)c(SCC(=O)OCN2C(=O)c3ccccc3C2=O)c1. The van der Waals surface area contributed by atoms with Gasteiger partial charge in [0.1, 0.15) is 0 Å². The van der Waals surface area contributed by atoms with E-state index in [1.165, 1.54) is 11.8 Å². The Bertz CT molecular complexity index is 827. The summed E-state index contributed by atoms with van der Waals surface area (Å²) in [5.74, 6) is -1.22. The number of thioether (sulfide) groups is 1. The summed E-state index contributed by atoms with van der Waals surface area (Å²) in [6.45, 7) is 3.61. The van der Waals surface area contributed by atoms with Gasteiger partial charge in [-0.05, 0) is 37.6 Å². The van der Waals surface area contributed by atoms with Gasteiger partial charge in [-0.25, -0.2) is 4.90 Å². The predicted octanol–water partition coefficient (Wildman–Crippen LogP) is 3.19. The molecule has 2 amide bonds. The zero-order valence-corrected chi connectivity index (χ0v) is 14.8. The first-order chi connectivity index (χ1) is 12.0. The minimum absolute atomic E-state index is 0.119. The quantitative estimate of drug-likeness (QED) is 0.468. The molecule has 1 heterocycles. The van der Waals surface area contributed by atoms with Crippen LogP contribution in [-0.2, 0) is 9.53 Å². The molecule has 0 unspecified atom stereocenters. The van der Waals surface area contributed by atoms with Crippen molar-refractivity contribution >= 4 is 29.5 Å². The molecule has 6 heteroatoms. The van der Waals surface area contributed by atoms with Crippen molar-refractivity contribution < 1.29 is 19.1 Å². The van der Waals surface area contributed by atoms with Crippen molar-refractivity contribution in [3.63, 3.8) is 0 Å². The number of hydrogen-bond acceptors (Lipinski definition) is 5. The minimum atomic E-state index is -0.470. The van der Waals surface area contributed by atoms with Gasteiger partial charge in [-0.1, -0.05) is 29.8 Å². The lowest BCUT2D eigenvalue weighted by molar-refractivity contribution is -0.142. The summed E-state index contributed by atoms with van der Waals surface area (Å²) in [7, 11) is 0. The molecular weight excluding hydrogens is 338 g/mol. The number of ether oxygens (including phenoxy) is 1. The number of aryl methyl sites for hydroxylation is 2. The summed E-state index contributed by atoms with van der Waals surface area (Å²) in [4.78, 5) is 38.3. The van der Waals surface area contributed by atoms with Gasteiger partial charge in [0.15, 0.2) is 6.73 Å². The van der Waals surface area contributed by atoms with Crippen LogP contribution in [0.5, 0.6) is 0 Å². The maximum atomic E-state index is 12.2. The number of carbonyl (C=O) groups is 3. The van der Waals surface area contributed by atoms with E-state index in [2.05, 4.69) is 0 Å². The van der Waals surface area contributed by atoms with E-state index in [0.29, 0.717) is 11.1 Å². The van der Waals surface area contributed by atoms with E-state index < -0.39 is 17.8 Å². The molecule has 25 heavy (non-hydrogen) atoms. The summed E-state index contributed by atoms with van der Waals surface area (Å²) >= 11 is 1.38. The second kappa shape index (κ2) is 7.11. The van der Waals surface area contributed by atoms with Gasteiger partial charge < -0.3 is 4.74 Å². The molecule has 3 rings (SSSR count). The van der Waals surface area contributed by atoms with Crippen LogP contribution in [-0.4, -0.2) is 35.2 Å². The largest absolute Gasteiger partial charge is 0.443 e. The molecular formula is C19H17NO4S. The van der Waals surface area contributed by atoms with Gasteiger partial charge in [-0.3, -0.25) is 14.4 Å². The fourth-order valence-corrected chi connectivity index (χ4v) is 3.46. The molecule has 1 aliphatic heterocycles. The average Bonchev–Trinajstić information content (AvgIpc) is 2.85. The summed E-state index contributed by atoms with van der Waals surface area (Å²) in [5, 5.41) is 0. The van der Waals surface area contributed by atoms with E-state index >= 15 is 0 Å². The third-order valence-electron chi connectivity index (χ3n) is 3.92. The van der Waals surface area contributed by atoms with Crippen molar-refractivity contribution in [3.05, 3.63) is 64.7 Å². The van der Waals surface area contributed by atoms with Crippen molar-refractivity contribution in [1.82, 2.24) is 4.90 Å². The van der Waals surface area contributed by atoms with Crippen LogP contribution in [0.3, 0.4) is 0 Å². The third kappa shape index (κ3) is 3.58. The van der Waals surface area contributed by atoms with E-state index in [-0.39, 0.29) is 12.5 Å². The van der Waals surface area contributed by atoms with Crippen LogP contribution in [0.4, 0.5) is 0 Å². The highest BCUT2D eigenvalue weighted by atomic mass is 32.2. The van der Waals surface area contributed by atoms with Gasteiger partial charge in [0.05, 0.1) is 16.9 Å². The Morgan fingerprint density at radius 3 is 2.32 bits per heavy atom. The van der Waals surface area contributed by atoms with Crippen molar-refractivity contribution in [2.24, 2.45) is 0 Å². The number of rotatable bonds is 5. The zero-order valence-electron chi connectivity index (χ0n) is 13.9. The molecule has 0 atom stereocenters. The smallest absolute Gasteiger partial charge is 0.318 e. The number of fused-ring (bicyclic) bond motifs is 1. The number of benzene rings is 2. The molecule has 0 fully saturated rings. The van der Waals surface area contributed by atoms with Crippen LogP contribution >= 0.6 is 11.8 Å². The number of hydrogen-bond donors (Lipinski definition) is 0. The first-order valence-electron chi connectivity index (χ1n) is 7.78. The second-order valence-corrected chi connectivity index (χ2v) is 6.80. The Hall–Kier alpha value is -2.60. The fraction of sp³-hybridized carbons (Fsp3) is 0.211. The molecule has 0 spiro atoms. The standard InChI is InChI=1S/C19H17NO4S/c1-12-7-8-13(2)16(9-12)25-10-17(21)24-11-20-18(22)14-5-3-4-6-15(14)19(20)23/h3-9H,10-11H2,1-2H3. The molecule has 128 valence electrons. The topological polar surface area (TPSA) is 63.7 Å². The molecule has 2 aromatic carbocycles. The summed E-state index contributed by atoms with van der Waals surface area (Å²) < 4.78 is 5.11. The second-order valence-electron chi connectivity index (χ2n) is 5.79. The van der Waals surface area contributed by atoms with Crippen molar-refractivity contribution in [2.45, 2.75) is 18.7 Å². The average molecular weight is 355 g/mol. The lowest BCUT2D eigenvalue weighted by Crippen LogP contribution is -2.33. The first kappa shape index (κ1) is 17.2. The Balaban J connectivity index is 1.56. The Morgan fingerprint density at radius 1 is 1.04 bits per heavy atom. The molecule has 0 N–H and O–H groups in total. The lowest BCUT2D eigenvalue weighted by Gasteiger charge is -2.14. The zero-order chi connectivity index (χ0) is 18.0.